The Labute approximate surface area is 122 Å². The minimum absolute atomic E-state index is 0.582. The molecule has 2 aromatic carbocycles. The standard InChI is InChI=1S/C17H16BrN/c18-15-10-9-12-11-19(13-5-2-1-3-6-13)16-8-4-7-14(15)17(12)16/h1-3,5-6,9-10,16H,4,7-8,11H2. The molecule has 19 heavy (non-hydrogen) atoms. The van der Waals surface area contributed by atoms with E-state index in [4.69, 9.17) is 0 Å². The van der Waals surface area contributed by atoms with Crippen LogP contribution in [0.25, 0.3) is 0 Å². The number of anilines is 1. The second-order valence-corrected chi connectivity index (χ2v) is 6.32. The van der Waals surface area contributed by atoms with Crippen molar-refractivity contribution in [3.63, 3.8) is 0 Å². The highest BCUT2D eigenvalue weighted by molar-refractivity contribution is 9.10. The summed E-state index contributed by atoms with van der Waals surface area (Å²) >= 11 is 3.73. The van der Waals surface area contributed by atoms with Gasteiger partial charge < -0.3 is 4.90 Å². The van der Waals surface area contributed by atoms with Crippen LogP contribution in [-0.2, 0) is 13.0 Å². The average molecular weight is 314 g/mol. The van der Waals surface area contributed by atoms with Gasteiger partial charge in [-0.1, -0.05) is 40.2 Å². The van der Waals surface area contributed by atoms with Gasteiger partial charge in [0.2, 0.25) is 0 Å². The second-order valence-electron chi connectivity index (χ2n) is 5.47. The lowest BCUT2D eigenvalue weighted by molar-refractivity contribution is 0.551. The maximum absolute atomic E-state index is 3.73. The van der Waals surface area contributed by atoms with Gasteiger partial charge >= 0.3 is 0 Å². The number of halogens is 1. The summed E-state index contributed by atoms with van der Waals surface area (Å²) in [5.74, 6) is 0. The third-order valence-corrected chi connectivity index (χ3v) is 5.18. The van der Waals surface area contributed by atoms with Gasteiger partial charge in [-0.15, -0.1) is 0 Å². The molecule has 1 heterocycles. The van der Waals surface area contributed by atoms with Crippen molar-refractivity contribution in [1.82, 2.24) is 0 Å². The largest absolute Gasteiger partial charge is 0.360 e. The van der Waals surface area contributed by atoms with Gasteiger partial charge in [-0.2, -0.15) is 0 Å². The van der Waals surface area contributed by atoms with Gasteiger partial charge in [0.15, 0.2) is 0 Å². The van der Waals surface area contributed by atoms with E-state index in [0.717, 1.165) is 6.54 Å². The Morgan fingerprint density at radius 1 is 1.05 bits per heavy atom. The third-order valence-electron chi connectivity index (χ3n) is 4.43. The number of hydrogen-bond acceptors (Lipinski definition) is 1. The van der Waals surface area contributed by atoms with Crippen molar-refractivity contribution in [2.45, 2.75) is 31.8 Å². The molecule has 96 valence electrons. The molecule has 0 amide bonds. The Morgan fingerprint density at radius 3 is 2.74 bits per heavy atom. The molecule has 0 saturated heterocycles. The summed E-state index contributed by atoms with van der Waals surface area (Å²) in [5, 5.41) is 0. The summed E-state index contributed by atoms with van der Waals surface area (Å²) in [6.45, 7) is 1.06. The zero-order valence-electron chi connectivity index (χ0n) is 10.8. The summed E-state index contributed by atoms with van der Waals surface area (Å²) in [5.41, 5.74) is 6.02. The van der Waals surface area contributed by atoms with Crippen LogP contribution in [0.2, 0.25) is 0 Å². The van der Waals surface area contributed by atoms with E-state index in [1.54, 1.807) is 11.1 Å². The molecule has 0 spiro atoms. The summed E-state index contributed by atoms with van der Waals surface area (Å²) in [7, 11) is 0. The Bertz CT molecular complexity index is 621. The van der Waals surface area contributed by atoms with Crippen LogP contribution in [0.1, 0.15) is 35.6 Å². The number of para-hydroxylation sites is 1. The number of nitrogens with zero attached hydrogens (tertiary/aromatic N) is 1. The van der Waals surface area contributed by atoms with Crippen LogP contribution in [0.3, 0.4) is 0 Å². The first-order chi connectivity index (χ1) is 9.34. The highest BCUT2D eigenvalue weighted by Crippen LogP contribution is 2.46. The van der Waals surface area contributed by atoms with Gasteiger partial charge in [0.25, 0.3) is 0 Å². The molecule has 1 atom stereocenters. The average Bonchev–Trinajstić information content (AvgIpc) is 2.84. The fourth-order valence-corrected chi connectivity index (χ4v) is 4.15. The van der Waals surface area contributed by atoms with Crippen molar-refractivity contribution < 1.29 is 0 Å². The lowest BCUT2D eigenvalue weighted by atomic mass is 9.87. The molecule has 0 N–H and O–H groups in total. The van der Waals surface area contributed by atoms with Gasteiger partial charge in [0.05, 0.1) is 6.04 Å². The van der Waals surface area contributed by atoms with Gasteiger partial charge in [-0.3, -0.25) is 0 Å². The summed E-state index contributed by atoms with van der Waals surface area (Å²) in [6.07, 6.45) is 3.80. The molecule has 1 aliphatic heterocycles. The van der Waals surface area contributed by atoms with Crippen LogP contribution in [0, 0.1) is 0 Å². The minimum Gasteiger partial charge on any atom is -0.360 e. The molecule has 0 bridgehead atoms. The maximum atomic E-state index is 3.73. The fourth-order valence-electron chi connectivity index (χ4n) is 3.61. The topological polar surface area (TPSA) is 3.24 Å². The molecule has 0 aromatic heterocycles. The van der Waals surface area contributed by atoms with E-state index in [0.29, 0.717) is 6.04 Å². The first-order valence-corrected chi connectivity index (χ1v) is 7.76. The van der Waals surface area contributed by atoms with Crippen LogP contribution in [0.4, 0.5) is 5.69 Å². The van der Waals surface area contributed by atoms with Crippen molar-refractivity contribution in [3.05, 3.63) is 63.6 Å². The SMILES string of the molecule is Brc1ccc2c3c1CCCC3N(c1ccccc1)C2. The van der Waals surface area contributed by atoms with Crippen molar-refractivity contribution in [1.29, 1.82) is 0 Å². The van der Waals surface area contributed by atoms with Gasteiger partial charge in [0, 0.05) is 16.7 Å². The highest BCUT2D eigenvalue weighted by Gasteiger charge is 2.35. The molecule has 2 aliphatic rings. The van der Waals surface area contributed by atoms with E-state index in [-0.39, 0.29) is 0 Å². The zero-order chi connectivity index (χ0) is 12.8. The quantitative estimate of drug-likeness (QED) is 0.727. The smallest absolute Gasteiger partial charge is 0.0552 e. The van der Waals surface area contributed by atoms with E-state index in [1.165, 1.54) is 35.0 Å². The Morgan fingerprint density at radius 2 is 1.89 bits per heavy atom. The van der Waals surface area contributed by atoms with E-state index < -0.39 is 0 Å². The lowest BCUT2D eigenvalue weighted by Gasteiger charge is -2.31. The summed E-state index contributed by atoms with van der Waals surface area (Å²) in [4.78, 5) is 2.57. The fraction of sp³-hybridized carbons (Fsp3) is 0.294. The first-order valence-electron chi connectivity index (χ1n) is 6.96. The Balaban J connectivity index is 1.83. The molecule has 1 nitrogen and oxygen atoms in total. The summed E-state index contributed by atoms with van der Waals surface area (Å²) < 4.78 is 1.30. The van der Waals surface area contributed by atoms with Crippen LogP contribution in [0.15, 0.2) is 46.9 Å². The zero-order valence-corrected chi connectivity index (χ0v) is 12.4. The summed E-state index contributed by atoms with van der Waals surface area (Å²) in [6, 6.07) is 15.9. The molecule has 4 rings (SSSR count). The monoisotopic (exact) mass is 313 g/mol. The van der Waals surface area contributed by atoms with E-state index in [1.807, 2.05) is 0 Å². The molecule has 0 saturated carbocycles. The van der Waals surface area contributed by atoms with Gasteiger partial charge in [-0.05, 0) is 54.2 Å². The van der Waals surface area contributed by atoms with Crippen LogP contribution in [-0.4, -0.2) is 0 Å². The normalized spacial score (nSPS) is 20.5. The van der Waals surface area contributed by atoms with Crippen LogP contribution >= 0.6 is 15.9 Å². The van der Waals surface area contributed by atoms with Crippen molar-refractivity contribution in [2.24, 2.45) is 0 Å². The van der Waals surface area contributed by atoms with Crippen molar-refractivity contribution in [2.75, 3.05) is 4.90 Å². The van der Waals surface area contributed by atoms with Crippen molar-refractivity contribution in [3.8, 4) is 0 Å². The van der Waals surface area contributed by atoms with Gasteiger partial charge in [-0.25, -0.2) is 0 Å². The predicted molar refractivity (Wildman–Crippen MR) is 82.4 cm³/mol. The molecular formula is C17H16BrN. The molecule has 1 aliphatic carbocycles. The first kappa shape index (κ1) is 11.5. The van der Waals surface area contributed by atoms with Crippen LogP contribution < -0.4 is 4.90 Å². The van der Waals surface area contributed by atoms with E-state index in [2.05, 4.69) is 63.3 Å². The number of hydrogen-bond donors (Lipinski definition) is 0. The molecule has 0 fully saturated rings. The Kier molecular flexibility index (Phi) is 2.66. The molecular weight excluding hydrogens is 298 g/mol. The Hall–Kier alpha value is -1.28. The molecule has 2 aromatic rings. The molecule has 2 heteroatoms. The van der Waals surface area contributed by atoms with Gasteiger partial charge in [0.1, 0.15) is 0 Å². The lowest BCUT2D eigenvalue weighted by Crippen LogP contribution is -2.23. The van der Waals surface area contributed by atoms with E-state index in [9.17, 15) is 0 Å². The second kappa shape index (κ2) is 4.38. The minimum atomic E-state index is 0.582. The molecule has 0 radical (unpaired) electrons. The predicted octanol–water partition coefficient (Wildman–Crippen LogP) is 4.85. The van der Waals surface area contributed by atoms with E-state index >= 15 is 0 Å². The third kappa shape index (κ3) is 1.73. The maximum Gasteiger partial charge on any atom is 0.0552 e. The molecule has 1 unspecified atom stereocenters. The highest BCUT2D eigenvalue weighted by atomic mass is 79.9. The number of benzene rings is 2. The van der Waals surface area contributed by atoms with Crippen molar-refractivity contribution >= 4 is 21.6 Å². The van der Waals surface area contributed by atoms with Crippen LogP contribution in [0.5, 0.6) is 0 Å². The number of rotatable bonds is 1.